The number of halogens is 1. The third-order valence-electron chi connectivity index (χ3n) is 4.17. The van der Waals surface area contributed by atoms with Gasteiger partial charge in [-0.1, -0.05) is 18.0 Å². The van der Waals surface area contributed by atoms with E-state index in [1.165, 1.54) is 0 Å². The molecule has 0 spiro atoms. The van der Waals surface area contributed by atoms with Crippen LogP contribution in [0.3, 0.4) is 0 Å². The molecule has 0 unspecified atom stereocenters. The van der Waals surface area contributed by atoms with Gasteiger partial charge in [0.25, 0.3) is 0 Å². The lowest BCUT2D eigenvalue weighted by atomic mass is 9.85. The van der Waals surface area contributed by atoms with Gasteiger partial charge in [-0.15, -0.1) is 0 Å². The van der Waals surface area contributed by atoms with Gasteiger partial charge in [-0.2, -0.15) is 0 Å². The normalized spacial score (nSPS) is 21.5. The Bertz CT molecular complexity index is 521. The van der Waals surface area contributed by atoms with Crippen molar-refractivity contribution in [1.29, 1.82) is 0 Å². The zero-order valence-electron chi connectivity index (χ0n) is 13.3. The predicted octanol–water partition coefficient (Wildman–Crippen LogP) is 3.21. The van der Waals surface area contributed by atoms with E-state index < -0.39 is 0 Å². The number of carbonyl (C=O) groups is 1. The average Bonchev–Trinajstić information content (AvgIpc) is 2.49. The summed E-state index contributed by atoms with van der Waals surface area (Å²) in [7, 11) is 1.83. The molecule has 22 heavy (non-hydrogen) atoms. The first-order chi connectivity index (χ1) is 10.5. The zero-order valence-corrected chi connectivity index (χ0v) is 14.1. The summed E-state index contributed by atoms with van der Waals surface area (Å²) in [6.07, 6.45) is 3.78. The largest absolute Gasteiger partial charge is 0.494 e. The lowest BCUT2D eigenvalue weighted by molar-refractivity contribution is -0.135. The van der Waals surface area contributed by atoms with Crippen molar-refractivity contribution in [3.05, 3.63) is 28.8 Å². The fraction of sp³-hybridized carbons (Fsp3) is 0.588. The summed E-state index contributed by atoms with van der Waals surface area (Å²) < 4.78 is 5.62. The zero-order chi connectivity index (χ0) is 16.1. The number of amides is 1. The van der Waals surface area contributed by atoms with Crippen molar-refractivity contribution in [2.75, 3.05) is 13.7 Å². The highest BCUT2D eigenvalue weighted by Crippen LogP contribution is 2.27. The fourth-order valence-electron chi connectivity index (χ4n) is 3.06. The number of nitrogens with two attached hydrogens (primary N) is 1. The maximum atomic E-state index is 12.6. The molecule has 1 aromatic rings. The van der Waals surface area contributed by atoms with E-state index in [9.17, 15) is 4.79 Å². The maximum Gasteiger partial charge on any atom is 0.225 e. The van der Waals surface area contributed by atoms with Gasteiger partial charge in [-0.05, 0) is 44.4 Å². The minimum absolute atomic E-state index is 0.0449. The van der Waals surface area contributed by atoms with E-state index in [0.717, 1.165) is 37.0 Å². The molecule has 0 saturated heterocycles. The first-order valence-corrected chi connectivity index (χ1v) is 8.30. The molecule has 1 aliphatic carbocycles. The highest BCUT2D eigenvalue weighted by atomic mass is 35.5. The fourth-order valence-corrected chi connectivity index (χ4v) is 3.26. The first-order valence-electron chi connectivity index (χ1n) is 7.93. The van der Waals surface area contributed by atoms with E-state index in [4.69, 9.17) is 22.1 Å². The van der Waals surface area contributed by atoms with E-state index in [-0.39, 0.29) is 17.9 Å². The van der Waals surface area contributed by atoms with Crippen LogP contribution in [0.25, 0.3) is 0 Å². The number of benzene rings is 1. The number of hydrogen-bond donors (Lipinski definition) is 1. The molecular weight excluding hydrogens is 300 g/mol. The van der Waals surface area contributed by atoms with Gasteiger partial charge in [0, 0.05) is 36.1 Å². The summed E-state index contributed by atoms with van der Waals surface area (Å²) in [5.74, 6) is 0.993. The molecule has 2 rings (SSSR count). The molecular formula is C17H25ClN2O2. The third kappa shape index (κ3) is 4.37. The molecule has 1 amide bonds. The molecule has 1 aromatic carbocycles. The Morgan fingerprint density at radius 3 is 2.91 bits per heavy atom. The second-order valence-electron chi connectivity index (χ2n) is 6.00. The quantitative estimate of drug-likeness (QED) is 0.904. The minimum Gasteiger partial charge on any atom is -0.494 e. The van der Waals surface area contributed by atoms with Gasteiger partial charge in [-0.25, -0.2) is 0 Å². The minimum atomic E-state index is 0.0449. The second kappa shape index (κ2) is 7.84. The molecule has 2 atom stereocenters. The van der Waals surface area contributed by atoms with E-state index >= 15 is 0 Å². The van der Waals surface area contributed by atoms with Crippen molar-refractivity contribution in [2.24, 2.45) is 11.7 Å². The second-order valence-corrected chi connectivity index (χ2v) is 6.44. The van der Waals surface area contributed by atoms with Crippen LogP contribution >= 0.6 is 11.6 Å². The molecule has 0 aliphatic heterocycles. The van der Waals surface area contributed by atoms with Gasteiger partial charge < -0.3 is 15.4 Å². The summed E-state index contributed by atoms with van der Waals surface area (Å²) in [6.45, 7) is 3.03. The predicted molar refractivity (Wildman–Crippen MR) is 89.0 cm³/mol. The lowest BCUT2D eigenvalue weighted by Crippen LogP contribution is -2.38. The number of hydrogen-bond acceptors (Lipinski definition) is 3. The first kappa shape index (κ1) is 17.1. The Morgan fingerprint density at radius 2 is 2.23 bits per heavy atom. The van der Waals surface area contributed by atoms with Crippen LogP contribution in [-0.2, 0) is 11.3 Å². The Kier molecular flexibility index (Phi) is 6.09. The van der Waals surface area contributed by atoms with Gasteiger partial charge in [0.05, 0.1) is 6.61 Å². The Hall–Kier alpha value is -1.26. The molecule has 0 radical (unpaired) electrons. The van der Waals surface area contributed by atoms with Crippen molar-refractivity contribution >= 4 is 17.5 Å². The SMILES string of the molecule is CCOc1ccc(Cl)cc1CN(C)C(=O)[C@H]1CCC[C@@H](N)C1. The summed E-state index contributed by atoms with van der Waals surface area (Å²) in [5.41, 5.74) is 6.93. The summed E-state index contributed by atoms with van der Waals surface area (Å²) in [6, 6.07) is 5.68. The molecule has 0 heterocycles. The maximum absolute atomic E-state index is 12.6. The van der Waals surface area contributed by atoms with E-state index in [1.54, 1.807) is 11.0 Å². The van der Waals surface area contributed by atoms with Crippen LogP contribution in [0.5, 0.6) is 5.75 Å². The highest BCUT2D eigenvalue weighted by Gasteiger charge is 2.27. The third-order valence-corrected chi connectivity index (χ3v) is 4.41. The van der Waals surface area contributed by atoms with Crippen molar-refractivity contribution in [2.45, 2.75) is 45.2 Å². The number of carbonyl (C=O) groups excluding carboxylic acids is 1. The van der Waals surface area contributed by atoms with E-state index in [2.05, 4.69) is 0 Å². The van der Waals surface area contributed by atoms with Crippen LogP contribution in [0.15, 0.2) is 18.2 Å². The van der Waals surface area contributed by atoms with Crippen LogP contribution < -0.4 is 10.5 Å². The summed E-state index contributed by atoms with van der Waals surface area (Å²) >= 11 is 6.07. The van der Waals surface area contributed by atoms with Crippen LogP contribution in [0.1, 0.15) is 38.2 Å². The molecule has 5 heteroatoms. The van der Waals surface area contributed by atoms with Gasteiger partial charge in [0.15, 0.2) is 0 Å². The smallest absolute Gasteiger partial charge is 0.225 e. The van der Waals surface area contributed by atoms with Crippen molar-refractivity contribution in [1.82, 2.24) is 4.90 Å². The molecule has 122 valence electrons. The number of ether oxygens (including phenoxy) is 1. The Morgan fingerprint density at radius 1 is 1.45 bits per heavy atom. The number of rotatable bonds is 5. The molecule has 1 fully saturated rings. The van der Waals surface area contributed by atoms with Crippen LogP contribution in [-0.4, -0.2) is 30.5 Å². The molecule has 1 saturated carbocycles. The van der Waals surface area contributed by atoms with Crippen molar-refractivity contribution in [3.8, 4) is 5.75 Å². The lowest BCUT2D eigenvalue weighted by Gasteiger charge is -2.29. The topological polar surface area (TPSA) is 55.6 Å². The molecule has 4 nitrogen and oxygen atoms in total. The Balaban J connectivity index is 2.06. The molecule has 0 bridgehead atoms. The van der Waals surface area contributed by atoms with Crippen LogP contribution in [0, 0.1) is 5.92 Å². The molecule has 1 aliphatic rings. The van der Waals surface area contributed by atoms with E-state index in [1.807, 2.05) is 26.1 Å². The standard InChI is InChI=1S/C17H25ClN2O2/c1-3-22-16-8-7-14(18)9-13(16)11-20(2)17(21)12-5-4-6-15(19)10-12/h7-9,12,15H,3-6,10-11,19H2,1-2H3/t12-,15+/m0/s1. The summed E-state index contributed by atoms with van der Waals surface area (Å²) in [5, 5.41) is 0.652. The van der Waals surface area contributed by atoms with Gasteiger partial charge >= 0.3 is 0 Å². The monoisotopic (exact) mass is 324 g/mol. The Labute approximate surface area is 137 Å². The van der Waals surface area contributed by atoms with Crippen molar-refractivity contribution in [3.63, 3.8) is 0 Å². The molecule has 0 aromatic heterocycles. The number of nitrogens with zero attached hydrogens (tertiary/aromatic N) is 1. The molecule has 2 N–H and O–H groups in total. The average molecular weight is 325 g/mol. The van der Waals surface area contributed by atoms with Gasteiger partial charge in [0.2, 0.25) is 5.91 Å². The van der Waals surface area contributed by atoms with Gasteiger partial charge in [0.1, 0.15) is 5.75 Å². The highest BCUT2D eigenvalue weighted by molar-refractivity contribution is 6.30. The van der Waals surface area contributed by atoms with Gasteiger partial charge in [-0.3, -0.25) is 4.79 Å². The van der Waals surface area contributed by atoms with Crippen LogP contribution in [0.2, 0.25) is 5.02 Å². The van der Waals surface area contributed by atoms with E-state index in [0.29, 0.717) is 18.2 Å². The summed E-state index contributed by atoms with van der Waals surface area (Å²) in [4.78, 5) is 14.4. The van der Waals surface area contributed by atoms with Crippen molar-refractivity contribution < 1.29 is 9.53 Å². The van der Waals surface area contributed by atoms with Crippen LogP contribution in [0.4, 0.5) is 0 Å².